The third-order valence-corrected chi connectivity index (χ3v) is 5.87. The van der Waals surface area contributed by atoms with E-state index < -0.39 is 13.9 Å². The van der Waals surface area contributed by atoms with Gasteiger partial charge in [0.15, 0.2) is 0 Å². The summed E-state index contributed by atoms with van der Waals surface area (Å²) < 4.78 is 33.9. The lowest BCUT2D eigenvalue weighted by Gasteiger charge is -2.23. The van der Waals surface area contributed by atoms with Gasteiger partial charge in [0, 0.05) is 39.6 Å². The number of carbonyl (C=O) groups excluding carboxylic acids is 3. The summed E-state index contributed by atoms with van der Waals surface area (Å²) in [4.78, 5) is 34.8. The highest BCUT2D eigenvalue weighted by molar-refractivity contribution is 7.52. The van der Waals surface area contributed by atoms with Gasteiger partial charge in [0.05, 0.1) is 25.4 Å². The van der Waals surface area contributed by atoms with Crippen LogP contribution in [0.5, 0.6) is 5.75 Å². The minimum atomic E-state index is -3.83. The van der Waals surface area contributed by atoms with Gasteiger partial charge in [0.2, 0.25) is 12.3 Å². The molecular weight excluding hydrogens is 477 g/mol. The van der Waals surface area contributed by atoms with Crippen molar-refractivity contribution in [3.8, 4) is 5.75 Å². The van der Waals surface area contributed by atoms with Gasteiger partial charge in [0.25, 0.3) is 0 Å². The molecule has 0 saturated carbocycles. The van der Waals surface area contributed by atoms with Crippen LogP contribution in [0.25, 0.3) is 0 Å². The van der Waals surface area contributed by atoms with Crippen LogP contribution in [0.2, 0.25) is 0 Å². The largest absolute Gasteiger partial charge is 0.459 e. The number of methoxy groups -OCH3 is 2. The first kappa shape index (κ1) is 32.4. The van der Waals surface area contributed by atoms with Gasteiger partial charge in [-0.25, -0.2) is 9.65 Å². The van der Waals surface area contributed by atoms with Crippen molar-refractivity contribution in [1.82, 2.24) is 15.3 Å². The number of rotatable bonds is 16. The average molecular weight is 516 g/mol. The number of nitrogens with zero attached hydrogens (tertiary/aromatic N) is 1. The predicted molar refractivity (Wildman–Crippen MR) is 133 cm³/mol. The van der Waals surface area contributed by atoms with Crippen LogP contribution in [0.15, 0.2) is 42.1 Å². The molecule has 11 nitrogen and oxygen atoms in total. The van der Waals surface area contributed by atoms with E-state index >= 15 is 0 Å². The quantitative estimate of drug-likeness (QED) is 0.194. The van der Waals surface area contributed by atoms with Crippen molar-refractivity contribution in [1.29, 1.82) is 0 Å². The first-order valence-corrected chi connectivity index (χ1v) is 12.5. The first-order chi connectivity index (χ1) is 16.6. The smallest absolute Gasteiger partial charge is 0.413 e. The van der Waals surface area contributed by atoms with E-state index in [1.807, 2.05) is 13.8 Å². The maximum Gasteiger partial charge on any atom is 0.459 e. The minimum Gasteiger partial charge on any atom is -0.413 e. The molecule has 0 aliphatic rings. The molecule has 1 rings (SSSR count). The summed E-state index contributed by atoms with van der Waals surface area (Å²) in [6.45, 7) is 5.50. The molecule has 0 aliphatic carbocycles. The van der Waals surface area contributed by atoms with Crippen LogP contribution in [-0.2, 0) is 32.9 Å². The fourth-order valence-electron chi connectivity index (χ4n) is 2.27. The number of hydrogen-bond donors (Lipinski definition) is 2. The highest BCUT2D eigenvalue weighted by atomic mass is 31.2. The molecule has 35 heavy (non-hydrogen) atoms. The van der Waals surface area contributed by atoms with Crippen LogP contribution < -0.4 is 14.9 Å². The van der Waals surface area contributed by atoms with Crippen molar-refractivity contribution < 1.29 is 37.5 Å². The molecule has 0 aromatic heterocycles. The summed E-state index contributed by atoms with van der Waals surface area (Å²) in [5.74, 6) is 0.0175. The Morgan fingerprint density at radius 3 is 2.26 bits per heavy atom. The van der Waals surface area contributed by atoms with Crippen LogP contribution in [0.4, 0.5) is 0 Å². The lowest BCUT2D eigenvalue weighted by molar-refractivity contribution is -0.117. The molecule has 2 N–H and O–H groups in total. The standard InChI is InChI=1S/C19H28N3O7P.C4H10O/c1-16(19(25)20-2)13-22(15-24)11-9-18(27-3)14-28-30(26,21-10-12-23)29-17-7-5-4-6-8-17;1-4(2)5-3/h4-8,12-13,15,18H,9-11,14H2,1-3H3,(H,20,25)(H,21,26);4H,1-3H3/b16-13-;/t18?,30-;/m0./s1. The number of ether oxygens (including phenoxy) is 2. The third-order valence-electron chi connectivity index (χ3n) is 4.36. The van der Waals surface area contributed by atoms with Crippen molar-refractivity contribution in [2.24, 2.45) is 0 Å². The van der Waals surface area contributed by atoms with E-state index in [-0.39, 0.29) is 25.6 Å². The molecule has 1 aromatic carbocycles. The van der Waals surface area contributed by atoms with Crippen LogP contribution in [0.3, 0.4) is 0 Å². The summed E-state index contributed by atoms with van der Waals surface area (Å²) in [6, 6.07) is 8.40. The highest BCUT2D eigenvalue weighted by Gasteiger charge is 2.27. The van der Waals surface area contributed by atoms with Gasteiger partial charge in [-0.1, -0.05) is 18.2 Å². The fraction of sp³-hybridized carbons (Fsp3) is 0.522. The lowest BCUT2D eigenvalue weighted by Crippen LogP contribution is -2.28. The average Bonchev–Trinajstić information content (AvgIpc) is 2.87. The van der Waals surface area contributed by atoms with E-state index in [0.717, 1.165) is 0 Å². The molecule has 12 heteroatoms. The second-order valence-electron chi connectivity index (χ2n) is 7.39. The van der Waals surface area contributed by atoms with Gasteiger partial charge in [0.1, 0.15) is 12.0 Å². The molecule has 2 atom stereocenters. The van der Waals surface area contributed by atoms with Gasteiger partial charge in [-0.2, -0.15) is 0 Å². The molecule has 0 fully saturated rings. The molecule has 0 bridgehead atoms. The SMILES string of the molecule is CNC(=O)/C(C)=C\N(C=O)CCC(CO[P@@](=O)(NCC=O)Oc1ccccc1)OC.COC(C)C. The first-order valence-electron chi connectivity index (χ1n) is 11.0. The topological polar surface area (TPSA) is 132 Å². The molecule has 0 aliphatic heterocycles. The summed E-state index contributed by atoms with van der Waals surface area (Å²) in [5.41, 5.74) is 0.369. The Kier molecular flexibility index (Phi) is 17.4. The number of benzene rings is 1. The van der Waals surface area contributed by atoms with Gasteiger partial charge >= 0.3 is 7.75 Å². The van der Waals surface area contributed by atoms with E-state index in [1.165, 1.54) is 25.3 Å². The van der Waals surface area contributed by atoms with Gasteiger partial charge in [-0.3, -0.25) is 14.1 Å². The third kappa shape index (κ3) is 15.1. The number of para-hydroxylation sites is 1. The number of carbonyl (C=O) groups is 3. The van der Waals surface area contributed by atoms with Gasteiger partial charge < -0.3 is 29.0 Å². The highest BCUT2D eigenvalue weighted by Crippen LogP contribution is 2.44. The number of likely N-dealkylation sites (N-methyl/N-ethyl adjacent to an activating group) is 1. The van der Waals surface area contributed by atoms with Crippen molar-refractivity contribution in [3.05, 3.63) is 42.1 Å². The van der Waals surface area contributed by atoms with Crippen molar-refractivity contribution in [2.45, 2.75) is 39.4 Å². The second kappa shape index (κ2) is 18.7. The van der Waals surface area contributed by atoms with Crippen LogP contribution in [0, 0.1) is 0 Å². The molecule has 0 radical (unpaired) electrons. The molecule has 0 spiro atoms. The molecule has 198 valence electrons. The molecule has 1 aromatic rings. The van der Waals surface area contributed by atoms with E-state index in [4.69, 9.17) is 18.5 Å². The normalized spacial score (nSPS) is 13.6. The van der Waals surface area contributed by atoms with Gasteiger partial charge in [-0.15, -0.1) is 0 Å². The number of nitrogens with one attached hydrogen (secondary N) is 2. The van der Waals surface area contributed by atoms with Crippen LogP contribution in [0.1, 0.15) is 27.2 Å². The molecule has 2 amide bonds. The summed E-state index contributed by atoms with van der Waals surface area (Å²) in [7, 11) is 0.820. The van der Waals surface area contributed by atoms with E-state index in [0.29, 0.717) is 36.5 Å². The zero-order chi connectivity index (χ0) is 26.7. The number of aldehydes is 1. The zero-order valence-corrected chi connectivity index (χ0v) is 22.2. The minimum absolute atomic E-state index is 0.114. The monoisotopic (exact) mass is 515 g/mol. The van der Waals surface area contributed by atoms with Crippen LogP contribution >= 0.6 is 7.75 Å². The van der Waals surface area contributed by atoms with Gasteiger partial charge in [-0.05, 0) is 39.3 Å². The molecule has 0 saturated heterocycles. The summed E-state index contributed by atoms with van der Waals surface area (Å²) in [6.07, 6.45) is 2.76. The predicted octanol–water partition coefficient (Wildman–Crippen LogP) is 2.53. The second-order valence-corrected chi connectivity index (χ2v) is 9.14. The Balaban J connectivity index is 0.00000209. The van der Waals surface area contributed by atoms with Crippen molar-refractivity contribution in [2.75, 3.05) is 41.0 Å². The van der Waals surface area contributed by atoms with E-state index in [2.05, 4.69) is 10.4 Å². The fourth-order valence-corrected chi connectivity index (χ4v) is 3.54. The Labute approximate surface area is 207 Å². The van der Waals surface area contributed by atoms with E-state index in [1.54, 1.807) is 44.4 Å². The van der Waals surface area contributed by atoms with Crippen LogP contribution in [-0.4, -0.2) is 76.7 Å². The summed E-state index contributed by atoms with van der Waals surface area (Å²) in [5, 5.41) is 4.93. The zero-order valence-electron chi connectivity index (χ0n) is 21.3. The van der Waals surface area contributed by atoms with Crippen molar-refractivity contribution in [3.63, 3.8) is 0 Å². The Hall–Kier alpha value is -2.56. The lowest BCUT2D eigenvalue weighted by atomic mass is 10.2. The maximum atomic E-state index is 12.9. The summed E-state index contributed by atoms with van der Waals surface area (Å²) >= 11 is 0. The van der Waals surface area contributed by atoms with Crippen molar-refractivity contribution >= 4 is 26.3 Å². The molecule has 1 unspecified atom stereocenters. The Morgan fingerprint density at radius 2 is 1.77 bits per heavy atom. The number of hydrogen-bond acceptors (Lipinski definition) is 8. The Bertz CT molecular complexity index is 820. The van der Waals surface area contributed by atoms with E-state index in [9.17, 15) is 18.9 Å². The molecule has 0 heterocycles. The maximum absolute atomic E-state index is 12.9. The molecular formula is C23H38N3O8P. The number of amides is 2. The Morgan fingerprint density at radius 1 is 1.14 bits per heavy atom.